The van der Waals surface area contributed by atoms with Crippen molar-refractivity contribution in [1.29, 1.82) is 0 Å². The summed E-state index contributed by atoms with van der Waals surface area (Å²) < 4.78 is 39.5. The Morgan fingerprint density at radius 3 is 2.62 bits per heavy atom. The molecule has 0 spiro atoms. The van der Waals surface area contributed by atoms with Crippen LogP contribution in [0.3, 0.4) is 0 Å². The van der Waals surface area contributed by atoms with Gasteiger partial charge in [-0.25, -0.2) is 18.2 Å². The SMILES string of the molecule is CCOc1ccc2c(O[C@@H]3C[C@H]4C(=O)N[C@]5(C(=O)NS(=O)(=O)C6(C)CC6)C[C@H]5C=CCC[C@@H](C)C[C@@H](CC)[C@H](NC(=O)O)C(=O)N4C3)nccc2c1. The van der Waals surface area contributed by atoms with Crippen molar-refractivity contribution in [2.75, 3.05) is 13.2 Å². The maximum absolute atomic E-state index is 14.5. The number of carboxylic acid groups (broad SMARTS) is 1. The molecule has 2 aliphatic heterocycles. The highest BCUT2D eigenvalue weighted by Gasteiger charge is 2.63. The first-order valence-corrected chi connectivity index (χ1v) is 19.7. The zero-order valence-corrected chi connectivity index (χ0v) is 30.9. The van der Waals surface area contributed by atoms with Gasteiger partial charge in [0, 0.05) is 23.9 Å². The van der Waals surface area contributed by atoms with Crippen LogP contribution in [0.15, 0.2) is 42.6 Å². The predicted octanol–water partition coefficient (Wildman–Crippen LogP) is 3.89. The Labute approximate surface area is 304 Å². The van der Waals surface area contributed by atoms with E-state index in [2.05, 4.69) is 27.3 Å². The minimum atomic E-state index is -4.00. The molecule has 4 aliphatic rings. The van der Waals surface area contributed by atoms with Crippen LogP contribution in [0, 0.1) is 17.8 Å². The molecule has 14 nitrogen and oxygen atoms in total. The first-order valence-electron chi connectivity index (χ1n) is 18.2. The molecule has 1 aromatic carbocycles. The molecular formula is C37H49N5O9S. The van der Waals surface area contributed by atoms with Crippen LogP contribution in [-0.4, -0.2) is 88.8 Å². The van der Waals surface area contributed by atoms with Crippen LogP contribution in [-0.2, 0) is 24.4 Å². The van der Waals surface area contributed by atoms with E-state index in [4.69, 9.17) is 9.47 Å². The fourth-order valence-corrected chi connectivity index (χ4v) is 8.90. The average molecular weight is 740 g/mol. The number of ether oxygens (including phenoxy) is 2. The van der Waals surface area contributed by atoms with Crippen molar-refractivity contribution in [2.45, 2.75) is 108 Å². The fourth-order valence-electron chi connectivity index (χ4n) is 7.58. The Balaban J connectivity index is 1.34. The molecule has 4 amide bonds. The molecule has 15 heteroatoms. The van der Waals surface area contributed by atoms with Gasteiger partial charge in [-0.2, -0.15) is 0 Å². The van der Waals surface area contributed by atoms with Crippen molar-refractivity contribution >= 4 is 44.6 Å². The van der Waals surface area contributed by atoms with E-state index in [1.54, 1.807) is 19.2 Å². The number of benzene rings is 1. The first kappa shape index (κ1) is 37.4. The van der Waals surface area contributed by atoms with E-state index in [0.717, 1.165) is 11.8 Å². The van der Waals surface area contributed by atoms with Gasteiger partial charge in [0.1, 0.15) is 29.5 Å². The number of hydrogen-bond acceptors (Lipinski definition) is 9. The van der Waals surface area contributed by atoms with Crippen LogP contribution in [0.25, 0.3) is 10.8 Å². The second kappa shape index (κ2) is 14.6. The molecule has 1 aromatic heterocycles. The molecule has 1 saturated heterocycles. The van der Waals surface area contributed by atoms with Crippen molar-refractivity contribution in [3.8, 4) is 11.6 Å². The van der Waals surface area contributed by atoms with Crippen LogP contribution in [0.5, 0.6) is 11.6 Å². The van der Waals surface area contributed by atoms with E-state index in [1.165, 1.54) is 4.90 Å². The van der Waals surface area contributed by atoms with Gasteiger partial charge in [-0.05, 0) is 93.9 Å². The molecule has 3 fully saturated rings. The number of rotatable bonds is 9. The second-order valence-corrected chi connectivity index (χ2v) is 17.2. The number of nitrogens with zero attached hydrogens (tertiary/aromatic N) is 2. The summed E-state index contributed by atoms with van der Waals surface area (Å²) in [5, 5.41) is 16.7. The zero-order valence-electron chi connectivity index (χ0n) is 30.1. The number of pyridine rings is 1. The predicted molar refractivity (Wildman–Crippen MR) is 192 cm³/mol. The maximum atomic E-state index is 14.5. The molecule has 3 heterocycles. The van der Waals surface area contributed by atoms with Crippen molar-refractivity contribution < 1.29 is 42.2 Å². The number of aromatic nitrogens is 1. The number of sulfonamides is 1. The van der Waals surface area contributed by atoms with E-state index in [-0.39, 0.29) is 31.2 Å². The summed E-state index contributed by atoms with van der Waals surface area (Å²) in [7, 11) is -4.00. The highest BCUT2D eigenvalue weighted by Crippen LogP contribution is 2.47. The molecule has 2 aromatic rings. The molecule has 0 radical (unpaired) electrons. The van der Waals surface area contributed by atoms with Crippen molar-refractivity contribution in [1.82, 2.24) is 25.2 Å². The van der Waals surface area contributed by atoms with Gasteiger partial charge in [0.05, 0.1) is 17.9 Å². The van der Waals surface area contributed by atoms with E-state index in [9.17, 15) is 32.7 Å². The van der Waals surface area contributed by atoms with Crippen molar-refractivity contribution in [3.63, 3.8) is 0 Å². The Kier molecular flexibility index (Phi) is 10.5. The van der Waals surface area contributed by atoms with Gasteiger partial charge in [-0.15, -0.1) is 0 Å². The van der Waals surface area contributed by atoms with Crippen LogP contribution in [0.1, 0.15) is 79.1 Å². The largest absolute Gasteiger partial charge is 0.494 e. The molecule has 7 atom stereocenters. The Morgan fingerprint density at radius 2 is 1.92 bits per heavy atom. The minimum Gasteiger partial charge on any atom is -0.494 e. The first-order chi connectivity index (χ1) is 24.7. The van der Waals surface area contributed by atoms with Crippen molar-refractivity contribution in [2.24, 2.45) is 17.8 Å². The summed E-state index contributed by atoms with van der Waals surface area (Å²) >= 11 is 0. The maximum Gasteiger partial charge on any atom is 0.405 e. The van der Waals surface area contributed by atoms with Crippen LogP contribution in [0.2, 0.25) is 0 Å². The highest BCUT2D eigenvalue weighted by atomic mass is 32.2. The topological polar surface area (TPSA) is 193 Å². The molecule has 4 N–H and O–H groups in total. The molecule has 52 heavy (non-hydrogen) atoms. The van der Waals surface area contributed by atoms with Gasteiger partial charge in [0.15, 0.2) is 0 Å². The van der Waals surface area contributed by atoms with E-state index in [1.807, 2.05) is 44.2 Å². The number of amides is 4. The van der Waals surface area contributed by atoms with Gasteiger partial charge >= 0.3 is 6.09 Å². The van der Waals surface area contributed by atoms with Crippen molar-refractivity contribution in [3.05, 3.63) is 42.6 Å². The van der Waals surface area contributed by atoms with Gasteiger partial charge in [0.2, 0.25) is 27.7 Å². The molecule has 2 aliphatic carbocycles. The van der Waals surface area contributed by atoms with Gasteiger partial charge in [-0.1, -0.05) is 32.4 Å². The molecule has 282 valence electrons. The lowest BCUT2D eigenvalue weighted by atomic mass is 9.85. The number of nitrogens with one attached hydrogen (secondary N) is 3. The van der Waals surface area contributed by atoms with E-state index >= 15 is 0 Å². The Hall–Kier alpha value is -4.40. The Morgan fingerprint density at radius 1 is 1.15 bits per heavy atom. The summed E-state index contributed by atoms with van der Waals surface area (Å²) in [5.41, 5.74) is -1.54. The number of hydrogen-bond donors (Lipinski definition) is 4. The monoisotopic (exact) mass is 739 g/mol. The highest BCUT2D eigenvalue weighted by molar-refractivity contribution is 7.91. The summed E-state index contributed by atoms with van der Waals surface area (Å²) in [6.45, 7) is 7.88. The van der Waals surface area contributed by atoms with Gasteiger partial charge < -0.3 is 30.1 Å². The Bertz CT molecular complexity index is 1860. The van der Waals surface area contributed by atoms with Crippen LogP contribution in [0.4, 0.5) is 4.79 Å². The third-order valence-electron chi connectivity index (χ3n) is 11.2. The fraction of sp³-hybridized carbons (Fsp3) is 0.595. The molecular weight excluding hydrogens is 691 g/mol. The van der Waals surface area contributed by atoms with Gasteiger partial charge in [0.25, 0.3) is 5.91 Å². The molecule has 0 bridgehead atoms. The lowest BCUT2D eigenvalue weighted by molar-refractivity contribution is -0.142. The average Bonchev–Trinajstić information content (AvgIpc) is 3.98. The standard InChI is InChI=1S/C37H49N5O9S/c1-5-23-17-22(3)9-7-8-10-25-20-37(25,34(45)41-52(48,49)36(4)14-15-36)40-31(43)29-19-27(21-42(29)33(44)30(23)39-35(46)47)51-32-28-12-11-26(50-6-2)18-24(28)13-16-38-32/h8,10-13,16,18,22-23,25,27,29-30,39H,5-7,9,14-15,17,19-21H2,1-4H3,(H,40,43)(H,41,45)(H,46,47)/t22-,23-,25-,27-,29+,30+,37-/m1/s1. The smallest absolute Gasteiger partial charge is 0.405 e. The number of carbonyl (C=O) groups excluding carboxylic acids is 3. The summed E-state index contributed by atoms with van der Waals surface area (Å²) in [6, 6.07) is 5.03. The summed E-state index contributed by atoms with van der Waals surface area (Å²) in [4.78, 5) is 60.5. The number of allylic oxidation sites excluding steroid dienone is 1. The zero-order chi connectivity index (χ0) is 37.4. The molecule has 0 unspecified atom stereocenters. The molecule has 2 saturated carbocycles. The lowest BCUT2D eigenvalue weighted by Gasteiger charge is -2.33. The minimum absolute atomic E-state index is 0.0221. The quantitative estimate of drug-likeness (QED) is 0.274. The van der Waals surface area contributed by atoms with E-state index in [0.29, 0.717) is 55.7 Å². The van der Waals surface area contributed by atoms with Gasteiger partial charge in [-0.3, -0.25) is 19.1 Å². The van der Waals surface area contributed by atoms with Crippen LogP contribution < -0.4 is 24.8 Å². The lowest BCUT2D eigenvalue weighted by Crippen LogP contribution is -2.59. The van der Waals surface area contributed by atoms with Crippen LogP contribution >= 0.6 is 0 Å². The summed E-state index contributed by atoms with van der Waals surface area (Å²) in [6.07, 6.45) is 6.89. The normalized spacial score (nSPS) is 30.2. The molecule has 6 rings (SSSR count). The number of fused-ring (bicyclic) bond motifs is 3. The third-order valence-corrected chi connectivity index (χ3v) is 13.3. The van der Waals surface area contributed by atoms with E-state index < -0.39 is 68.2 Å². The summed E-state index contributed by atoms with van der Waals surface area (Å²) in [5.74, 6) is -1.73. The number of carbonyl (C=O) groups is 4. The third kappa shape index (κ3) is 7.55. The second-order valence-electron chi connectivity index (χ2n) is 15.0.